The summed E-state index contributed by atoms with van der Waals surface area (Å²) in [4.78, 5) is 14.5. The lowest BCUT2D eigenvalue weighted by atomic mass is 9.96. The van der Waals surface area contributed by atoms with Crippen LogP contribution in [0.4, 0.5) is 4.79 Å². The van der Waals surface area contributed by atoms with Crippen LogP contribution in [-0.4, -0.2) is 41.2 Å². The van der Waals surface area contributed by atoms with Gasteiger partial charge in [0.05, 0.1) is 0 Å². The summed E-state index contributed by atoms with van der Waals surface area (Å²) in [6.07, 6.45) is 7.98. The molecule has 3 rings (SSSR count). The first-order chi connectivity index (χ1) is 11.7. The van der Waals surface area contributed by atoms with Gasteiger partial charge in [0.1, 0.15) is 5.75 Å². The number of carbonyl (C=O) groups is 1. The van der Waals surface area contributed by atoms with Crippen LogP contribution in [0.5, 0.6) is 5.75 Å². The Hall–Kier alpha value is -1.75. The summed E-state index contributed by atoms with van der Waals surface area (Å²) in [6, 6.07) is 8.09. The van der Waals surface area contributed by atoms with Gasteiger partial charge in [0.2, 0.25) is 0 Å². The second kappa shape index (κ2) is 8.38. The molecule has 1 saturated heterocycles. The maximum atomic E-state index is 12.1. The zero-order chi connectivity index (χ0) is 16.8. The Kier molecular flexibility index (Phi) is 5.96. The molecule has 0 aromatic heterocycles. The first-order valence-electron chi connectivity index (χ1n) is 9.26. The zero-order valence-electron chi connectivity index (χ0n) is 14.3. The van der Waals surface area contributed by atoms with Crippen LogP contribution in [-0.2, 0) is 6.54 Å². The van der Waals surface area contributed by atoms with Gasteiger partial charge in [0.15, 0.2) is 0 Å². The molecule has 2 aliphatic rings. The molecule has 1 aromatic carbocycles. The van der Waals surface area contributed by atoms with Gasteiger partial charge in [0.25, 0.3) is 0 Å². The van der Waals surface area contributed by atoms with Gasteiger partial charge in [-0.05, 0) is 43.4 Å². The highest BCUT2D eigenvalue weighted by atomic mass is 16.3. The first-order valence-corrected chi connectivity index (χ1v) is 9.26. The van der Waals surface area contributed by atoms with Gasteiger partial charge in [-0.15, -0.1) is 0 Å². The number of piperidine rings is 1. The van der Waals surface area contributed by atoms with Gasteiger partial charge in [-0.2, -0.15) is 0 Å². The van der Waals surface area contributed by atoms with E-state index in [4.69, 9.17) is 0 Å². The molecule has 0 bridgehead atoms. The fourth-order valence-corrected chi connectivity index (χ4v) is 3.81. The molecule has 5 heteroatoms. The first kappa shape index (κ1) is 17.1. The highest BCUT2D eigenvalue weighted by Crippen LogP contribution is 2.18. The average molecular weight is 331 g/mol. The molecule has 0 radical (unpaired) electrons. The van der Waals surface area contributed by atoms with Crippen LogP contribution >= 0.6 is 0 Å². The molecule has 0 atom stereocenters. The number of amides is 2. The molecule has 1 aromatic rings. The molecule has 0 spiro atoms. The fourth-order valence-electron chi connectivity index (χ4n) is 3.81. The Morgan fingerprint density at radius 1 is 1.04 bits per heavy atom. The maximum absolute atomic E-state index is 12.1. The van der Waals surface area contributed by atoms with Crippen molar-refractivity contribution in [2.75, 3.05) is 13.1 Å². The van der Waals surface area contributed by atoms with E-state index in [0.29, 0.717) is 11.8 Å². The predicted octanol–water partition coefficient (Wildman–Crippen LogP) is 2.99. The number of phenolic OH excluding ortho intramolecular Hbond substituents is 1. The molecule has 5 nitrogen and oxygen atoms in total. The van der Waals surface area contributed by atoms with Crippen molar-refractivity contribution in [2.24, 2.45) is 0 Å². The lowest BCUT2D eigenvalue weighted by Gasteiger charge is -2.33. The monoisotopic (exact) mass is 331 g/mol. The van der Waals surface area contributed by atoms with E-state index in [-0.39, 0.29) is 12.1 Å². The molecule has 132 valence electrons. The fraction of sp³-hybridized carbons (Fsp3) is 0.632. The van der Waals surface area contributed by atoms with Crippen LogP contribution in [0.15, 0.2) is 24.3 Å². The molecule has 24 heavy (non-hydrogen) atoms. The standard InChI is InChI=1S/C19H29N3O2/c23-18-8-4-5-15(13-18)14-22-11-9-17(10-12-22)21-19(24)20-16-6-2-1-3-7-16/h4-5,8,13,16-17,23H,1-3,6-7,9-12,14H2,(H2,20,21,24). The Balaban J connectivity index is 1.37. The number of urea groups is 1. The molecule has 2 amide bonds. The minimum Gasteiger partial charge on any atom is -0.508 e. The van der Waals surface area contributed by atoms with Gasteiger partial charge < -0.3 is 15.7 Å². The van der Waals surface area contributed by atoms with Crippen LogP contribution in [0.25, 0.3) is 0 Å². The molecular formula is C19H29N3O2. The van der Waals surface area contributed by atoms with Crippen LogP contribution in [0.1, 0.15) is 50.5 Å². The SMILES string of the molecule is O=C(NC1CCCCC1)NC1CCN(Cc2cccc(O)c2)CC1. The van der Waals surface area contributed by atoms with E-state index < -0.39 is 0 Å². The van der Waals surface area contributed by atoms with E-state index in [1.807, 2.05) is 18.2 Å². The van der Waals surface area contributed by atoms with E-state index in [9.17, 15) is 9.90 Å². The third-order valence-electron chi connectivity index (χ3n) is 5.18. The quantitative estimate of drug-likeness (QED) is 0.795. The summed E-state index contributed by atoms with van der Waals surface area (Å²) in [5, 5.41) is 15.8. The van der Waals surface area contributed by atoms with Crippen molar-refractivity contribution in [3.05, 3.63) is 29.8 Å². The van der Waals surface area contributed by atoms with Gasteiger partial charge >= 0.3 is 6.03 Å². The van der Waals surface area contributed by atoms with E-state index in [1.54, 1.807) is 6.07 Å². The maximum Gasteiger partial charge on any atom is 0.315 e. The highest BCUT2D eigenvalue weighted by molar-refractivity contribution is 5.74. The van der Waals surface area contributed by atoms with Crippen LogP contribution in [0, 0.1) is 0 Å². The number of nitrogens with zero attached hydrogens (tertiary/aromatic N) is 1. The van der Waals surface area contributed by atoms with Crippen molar-refractivity contribution in [1.82, 2.24) is 15.5 Å². The molecular weight excluding hydrogens is 302 g/mol. The molecule has 0 unspecified atom stereocenters. The minimum absolute atomic E-state index is 0.00771. The van der Waals surface area contributed by atoms with Gasteiger partial charge in [0, 0.05) is 31.7 Å². The number of hydrogen-bond acceptors (Lipinski definition) is 3. The molecule has 1 saturated carbocycles. The summed E-state index contributed by atoms with van der Waals surface area (Å²) in [7, 11) is 0. The smallest absolute Gasteiger partial charge is 0.315 e. The van der Waals surface area contributed by atoms with Crippen molar-refractivity contribution in [3.8, 4) is 5.75 Å². The van der Waals surface area contributed by atoms with E-state index >= 15 is 0 Å². The van der Waals surface area contributed by atoms with E-state index in [0.717, 1.165) is 50.9 Å². The summed E-state index contributed by atoms with van der Waals surface area (Å²) in [5.74, 6) is 0.323. The number of phenols is 1. The number of rotatable bonds is 4. The van der Waals surface area contributed by atoms with Crippen molar-refractivity contribution >= 4 is 6.03 Å². The minimum atomic E-state index is 0.00771. The Bertz CT molecular complexity index is 535. The average Bonchev–Trinajstić information content (AvgIpc) is 2.57. The molecule has 3 N–H and O–H groups in total. The summed E-state index contributed by atoms with van der Waals surface area (Å²) < 4.78 is 0. The number of benzene rings is 1. The molecule has 2 fully saturated rings. The second-order valence-electron chi connectivity index (χ2n) is 7.17. The number of carbonyl (C=O) groups excluding carboxylic acids is 1. The zero-order valence-corrected chi connectivity index (χ0v) is 14.3. The van der Waals surface area contributed by atoms with Crippen molar-refractivity contribution < 1.29 is 9.90 Å². The molecule has 1 heterocycles. The van der Waals surface area contributed by atoms with Gasteiger partial charge in [-0.1, -0.05) is 31.4 Å². The lowest BCUT2D eigenvalue weighted by molar-refractivity contribution is 0.184. The molecule has 1 aliphatic heterocycles. The van der Waals surface area contributed by atoms with E-state index in [2.05, 4.69) is 15.5 Å². The van der Waals surface area contributed by atoms with Crippen LogP contribution < -0.4 is 10.6 Å². The van der Waals surface area contributed by atoms with E-state index in [1.165, 1.54) is 19.3 Å². The number of nitrogens with one attached hydrogen (secondary N) is 2. The van der Waals surface area contributed by atoms with Crippen LogP contribution in [0.3, 0.4) is 0 Å². The highest BCUT2D eigenvalue weighted by Gasteiger charge is 2.22. The Morgan fingerprint density at radius 2 is 1.71 bits per heavy atom. The summed E-state index contributed by atoms with van der Waals surface area (Å²) in [5.41, 5.74) is 1.14. The van der Waals surface area contributed by atoms with Crippen molar-refractivity contribution in [2.45, 2.75) is 63.6 Å². The molecule has 1 aliphatic carbocycles. The van der Waals surface area contributed by atoms with Gasteiger partial charge in [-0.25, -0.2) is 4.79 Å². The summed E-state index contributed by atoms with van der Waals surface area (Å²) in [6.45, 7) is 2.81. The number of hydrogen-bond donors (Lipinski definition) is 3. The van der Waals surface area contributed by atoms with Crippen LogP contribution in [0.2, 0.25) is 0 Å². The topological polar surface area (TPSA) is 64.6 Å². The summed E-state index contributed by atoms with van der Waals surface area (Å²) >= 11 is 0. The normalized spacial score (nSPS) is 20.7. The third-order valence-corrected chi connectivity index (χ3v) is 5.18. The second-order valence-corrected chi connectivity index (χ2v) is 7.17. The lowest BCUT2D eigenvalue weighted by Crippen LogP contribution is -2.50. The van der Waals surface area contributed by atoms with Crippen molar-refractivity contribution in [1.29, 1.82) is 0 Å². The Morgan fingerprint density at radius 3 is 2.38 bits per heavy atom. The van der Waals surface area contributed by atoms with Crippen molar-refractivity contribution in [3.63, 3.8) is 0 Å². The van der Waals surface area contributed by atoms with Gasteiger partial charge in [-0.3, -0.25) is 4.90 Å². The number of likely N-dealkylation sites (tertiary alicyclic amines) is 1. The third kappa shape index (κ3) is 5.13. The number of aromatic hydroxyl groups is 1. The largest absolute Gasteiger partial charge is 0.508 e. The predicted molar refractivity (Wildman–Crippen MR) is 94.9 cm³/mol. The Labute approximate surface area is 144 Å².